The lowest BCUT2D eigenvalue weighted by Crippen LogP contribution is -2.66. The Bertz CT molecular complexity index is 1000. The Hall–Kier alpha value is -1.74. The van der Waals surface area contributed by atoms with Gasteiger partial charge in [0.05, 0.1) is 23.5 Å². The fourth-order valence-corrected chi connectivity index (χ4v) is 10.1. The average molecular weight is 409 g/mol. The molecular formula is C24H27NO5. The van der Waals surface area contributed by atoms with Crippen molar-refractivity contribution in [2.75, 3.05) is 0 Å². The number of nitriles is 1. The van der Waals surface area contributed by atoms with E-state index in [1.807, 2.05) is 0 Å². The van der Waals surface area contributed by atoms with Crippen molar-refractivity contribution in [2.24, 2.45) is 39.9 Å². The van der Waals surface area contributed by atoms with Crippen molar-refractivity contribution in [3.8, 4) is 6.07 Å². The first kappa shape index (κ1) is 17.9. The third kappa shape index (κ3) is 1.43. The quantitative estimate of drug-likeness (QED) is 0.347. The topological polar surface area (TPSA) is 96.8 Å². The van der Waals surface area contributed by atoms with Gasteiger partial charge in [0.25, 0.3) is 0 Å². The Morgan fingerprint density at radius 3 is 2.57 bits per heavy atom. The Kier molecular flexibility index (Phi) is 2.80. The van der Waals surface area contributed by atoms with E-state index in [0.717, 1.165) is 25.7 Å². The molecule has 2 heterocycles. The fourth-order valence-electron chi connectivity index (χ4n) is 10.1. The van der Waals surface area contributed by atoms with Gasteiger partial charge in [0.1, 0.15) is 22.8 Å². The van der Waals surface area contributed by atoms with Gasteiger partial charge >= 0.3 is 5.97 Å². The predicted octanol–water partition coefficient (Wildman–Crippen LogP) is 2.73. The van der Waals surface area contributed by atoms with Crippen molar-refractivity contribution in [1.82, 2.24) is 0 Å². The van der Waals surface area contributed by atoms with Crippen LogP contribution in [-0.2, 0) is 23.9 Å². The molecule has 6 heteroatoms. The summed E-state index contributed by atoms with van der Waals surface area (Å²) in [4.78, 5) is 38.7. The highest BCUT2D eigenvalue weighted by molar-refractivity contribution is 6.08. The van der Waals surface area contributed by atoms with Crippen LogP contribution in [0.2, 0.25) is 0 Å². The molecule has 5 saturated carbocycles. The van der Waals surface area contributed by atoms with Gasteiger partial charge in [-0.2, -0.15) is 5.26 Å². The number of esters is 1. The molecule has 2 saturated heterocycles. The highest BCUT2D eigenvalue weighted by Gasteiger charge is 2.90. The Balaban J connectivity index is 1.42. The minimum absolute atomic E-state index is 0.00258. The lowest BCUT2D eigenvalue weighted by Gasteiger charge is -2.60. The molecule has 0 aromatic carbocycles. The molecule has 30 heavy (non-hydrogen) atoms. The van der Waals surface area contributed by atoms with Crippen molar-refractivity contribution >= 4 is 17.5 Å². The van der Waals surface area contributed by atoms with Crippen molar-refractivity contribution in [1.29, 1.82) is 5.26 Å². The maximum atomic E-state index is 13.7. The highest BCUT2D eigenvalue weighted by atomic mass is 16.6. The van der Waals surface area contributed by atoms with Gasteiger partial charge in [-0.25, -0.2) is 0 Å². The molecule has 0 N–H and O–H groups in total. The molecule has 5 unspecified atom stereocenters. The summed E-state index contributed by atoms with van der Waals surface area (Å²) in [5.41, 5.74) is -2.52. The van der Waals surface area contributed by atoms with Crippen LogP contribution in [0.5, 0.6) is 0 Å². The third-order valence-corrected chi connectivity index (χ3v) is 11.4. The molecule has 0 amide bonds. The summed E-state index contributed by atoms with van der Waals surface area (Å²) in [6.45, 7) is 4.39. The van der Waals surface area contributed by atoms with Gasteiger partial charge < -0.3 is 9.47 Å². The lowest BCUT2D eigenvalue weighted by molar-refractivity contribution is -0.174. The molecule has 7 aliphatic rings. The summed E-state index contributed by atoms with van der Waals surface area (Å²) in [5, 5.41) is 10.4. The number of fused-ring (bicyclic) bond motifs is 5. The fraction of sp³-hybridized carbons (Fsp3) is 0.833. The van der Waals surface area contributed by atoms with Crippen molar-refractivity contribution < 1.29 is 23.9 Å². The summed E-state index contributed by atoms with van der Waals surface area (Å²) in [5.74, 6) is -0.966. The van der Waals surface area contributed by atoms with E-state index >= 15 is 0 Å². The molecule has 2 aliphatic heterocycles. The molecular weight excluding hydrogens is 382 g/mol. The van der Waals surface area contributed by atoms with Gasteiger partial charge in [-0.1, -0.05) is 13.8 Å². The molecule has 0 radical (unpaired) electrons. The van der Waals surface area contributed by atoms with E-state index in [1.54, 1.807) is 0 Å². The maximum absolute atomic E-state index is 13.7. The van der Waals surface area contributed by atoms with Crippen LogP contribution in [-0.4, -0.2) is 34.8 Å². The van der Waals surface area contributed by atoms with Gasteiger partial charge in [0.15, 0.2) is 0 Å². The SMILES string of the molecule is C[C@]12C[C@H]3OC34C(C3C[C@]5(C#N)C(C(=O)CC[C@]45C)C3=O)C1CC[C@@]21CCC(=O)O1. The van der Waals surface area contributed by atoms with Crippen molar-refractivity contribution in [2.45, 2.75) is 82.5 Å². The van der Waals surface area contributed by atoms with Gasteiger partial charge in [-0.3, -0.25) is 14.4 Å². The molecule has 0 aromatic heterocycles. The van der Waals surface area contributed by atoms with Crippen LogP contribution >= 0.6 is 0 Å². The smallest absolute Gasteiger partial charge is 0.306 e. The number of Topliss-reactive ketones (excluding diaryl/α,β-unsaturated/α-hetero) is 2. The first-order valence-corrected chi connectivity index (χ1v) is 11.6. The third-order valence-electron chi connectivity index (χ3n) is 11.4. The van der Waals surface area contributed by atoms with Crippen LogP contribution in [0.1, 0.15) is 65.2 Å². The van der Waals surface area contributed by atoms with Crippen LogP contribution < -0.4 is 0 Å². The van der Waals surface area contributed by atoms with Crippen LogP contribution in [0.4, 0.5) is 0 Å². The molecule has 7 fully saturated rings. The standard InChI is InChI=1S/C24H27NO5/c1-20-10-15-24(29-15)17(13(20)3-7-23(20)8-5-16(27)30-23)12-9-22(11-25)18(19(12)28)14(26)4-6-21(22,24)2/h12-13,15,17-18H,3-10H2,1-2H3/t12?,13?,15-,17?,18?,20+,21+,22+,23-,24?/m1/s1. The van der Waals surface area contributed by atoms with E-state index in [1.165, 1.54) is 0 Å². The van der Waals surface area contributed by atoms with E-state index in [4.69, 9.17) is 9.47 Å². The van der Waals surface area contributed by atoms with Crippen LogP contribution in [0.25, 0.3) is 0 Å². The number of ether oxygens (including phenoxy) is 2. The summed E-state index contributed by atoms with van der Waals surface area (Å²) in [7, 11) is 0. The summed E-state index contributed by atoms with van der Waals surface area (Å²) in [6, 6.07) is 2.53. The minimum atomic E-state index is -0.917. The summed E-state index contributed by atoms with van der Waals surface area (Å²) in [6.07, 6.45) is 5.30. The van der Waals surface area contributed by atoms with E-state index < -0.39 is 27.9 Å². The number of hydrogen-bond donors (Lipinski definition) is 0. The Labute approximate surface area is 175 Å². The van der Waals surface area contributed by atoms with Crippen molar-refractivity contribution in [3.05, 3.63) is 0 Å². The molecule has 5 aliphatic carbocycles. The second-order valence-corrected chi connectivity index (χ2v) is 11.7. The molecule has 7 rings (SSSR count). The van der Waals surface area contributed by atoms with Crippen LogP contribution in [0.15, 0.2) is 0 Å². The number of nitrogens with zero attached hydrogens (tertiary/aromatic N) is 1. The molecule has 2 bridgehead atoms. The number of rotatable bonds is 0. The summed E-state index contributed by atoms with van der Waals surface area (Å²) >= 11 is 0. The number of carbonyl (C=O) groups excluding carboxylic acids is 3. The lowest BCUT2D eigenvalue weighted by atomic mass is 9.39. The highest BCUT2D eigenvalue weighted by Crippen LogP contribution is 2.83. The van der Waals surface area contributed by atoms with E-state index in [0.29, 0.717) is 25.7 Å². The van der Waals surface area contributed by atoms with Crippen LogP contribution in [0, 0.1) is 51.2 Å². The molecule has 10 atom stereocenters. The molecule has 6 nitrogen and oxygen atoms in total. The zero-order valence-electron chi connectivity index (χ0n) is 17.5. The monoisotopic (exact) mass is 409 g/mol. The Morgan fingerprint density at radius 2 is 1.87 bits per heavy atom. The average Bonchev–Trinajstić information content (AvgIpc) is 3.01. The number of hydrogen-bond acceptors (Lipinski definition) is 6. The van der Waals surface area contributed by atoms with Crippen LogP contribution in [0.3, 0.4) is 0 Å². The largest absolute Gasteiger partial charge is 0.458 e. The first-order chi connectivity index (χ1) is 14.2. The van der Waals surface area contributed by atoms with E-state index in [-0.39, 0.29) is 46.8 Å². The van der Waals surface area contributed by atoms with E-state index in [2.05, 4.69) is 19.9 Å². The predicted molar refractivity (Wildman–Crippen MR) is 102 cm³/mol. The second-order valence-electron chi connectivity index (χ2n) is 11.7. The molecule has 2 spiro atoms. The van der Waals surface area contributed by atoms with E-state index in [9.17, 15) is 19.6 Å². The number of ketones is 2. The van der Waals surface area contributed by atoms with Gasteiger partial charge in [-0.15, -0.1) is 0 Å². The first-order valence-electron chi connectivity index (χ1n) is 11.6. The second kappa shape index (κ2) is 4.70. The Morgan fingerprint density at radius 1 is 1.07 bits per heavy atom. The zero-order valence-corrected chi connectivity index (χ0v) is 17.5. The number of carbonyl (C=O) groups is 3. The van der Waals surface area contributed by atoms with Crippen molar-refractivity contribution in [3.63, 3.8) is 0 Å². The van der Waals surface area contributed by atoms with Gasteiger partial charge in [-0.05, 0) is 44.4 Å². The maximum Gasteiger partial charge on any atom is 0.306 e. The van der Waals surface area contributed by atoms with Gasteiger partial charge in [0.2, 0.25) is 0 Å². The minimum Gasteiger partial charge on any atom is -0.458 e. The number of epoxide rings is 1. The van der Waals surface area contributed by atoms with Gasteiger partial charge in [0, 0.05) is 35.5 Å². The zero-order chi connectivity index (χ0) is 20.9. The summed E-state index contributed by atoms with van der Waals surface area (Å²) < 4.78 is 12.6. The molecule has 0 aromatic rings. The molecule has 158 valence electrons. The normalized spacial score (nSPS) is 61.9.